The van der Waals surface area contributed by atoms with Crippen LogP contribution in [0.25, 0.3) is 11.3 Å². The Kier molecular flexibility index (Phi) is 3.85. The number of alkyl halides is 3. The number of carbonyl (C=O) groups excluding carboxylic acids is 1. The summed E-state index contributed by atoms with van der Waals surface area (Å²) in [6, 6.07) is 4.50. The van der Waals surface area contributed by atoms with E-state index in [2.05, 4.69) is 25.8 Å². The Balaban J connectivity index is 2.45. The molecule has 0 N–H and O–H groups in total. The van der Waals surface area contributed by atoms with Gasteiger partial charge in [0.1, 0.15) is 0 Å². The smallest absolute Gasteiger partial charge is 0.416 e. The van der Waals surface area contributed by atoms with Crippen molar-refractivity contribution in [2.75, 3.05) is 7.11 Å². The Morgan fingerprint density at radius 1 is 1.30 bits per heavy atom. The number of aromatic nitrogens is 1. The number of hydrogen-bond donors (Lipinski definition) is 0. The zero-order valence-corrected chi connectivity index (χ0v) is 11.6. The lowest BCUT2D eigenvalue weighted by atomic mass is 10.1. The fraction of sp³-hybridized carbons (Fsp3) is 0.167. The van der Waals surface area contributed by atoms with Gasteiger partial charge < -0.3 is 9.26 Å². The lowest BCUT2D eigenvalue weighted by Crippen LogP contribution is -2.04. The van der Waals surface area contributed by atoms with Gasteiger partial charge in [-0.1, -0.05) is 21.1 Å². The molecule has 2 aromatic rings. The van der Waals surface area contributed by atoms with Crippen LogP contribution in [0.4, 0.5) is 13.2 Å². The van der Waals surface area contributed by atoms with Crippen LogP contribution < -0.4 is 0 Å². The van der Waals surface area contributed by atoms with Crippen LogP contribution in [0, 0.1) is 0 Å². The number of halogens is 4. The topological polar surface area (TPSA) is 52.3 Å². The fourth-order valence-electron chi connectivity index (χ4n) is 1.51. The number of hydrogen-bond acceptors (Lipinski definition) is 4. The van der Waals surface area contributed by atoms with Crippen LogP contribution >= 0.6 is 15.9 Å². The summed E-state index contributed by atoms with van der Waals surface area (Å²) >= 11 is 3.00. The minimum atomic E-state index is -4.48. The molecule has 20 heavy (non-hydrogen) atoms. The van der Waals surface area contributed by atoms with Crippen LogP contribution in [0.15, 0.2) is 33.3 Å². The average Bonchev–Trinajstić information content (AvgIpc) is 2.85. The summed E-state index contributed by atoms with van der Waals surface area (Å²) in [5.74, 6) is -0.691. The highest BCUT2D eigenvalue weighted by atomic mass is 79.9. The van der Waals surface area contributed by atoms with Crippen molar-refractivity contribution in [2.24, 2.45) is 0 Å². The van der Waals surface area contributed by atoms with Crippen molar-refractivity contribution in [1.29, 1.82) is 0 Å². The molecule has 0 radical (unpaired) electrons. The molecular formula is C12H7BrF3NO3. The number of esters is 1. The Labute approximate surface area is 119 Å². The molecule has 0 saturated heterocycles. The van der Waals surface area contributed by atoms with Gasteiger partial charge in [-0.3, -0.25) is 0 Å². The summed E-state index contributed by atoms with van der Waals surface area (Å²) in [5.41, 5.74) is -0.803. The molecule has 1 aromatic carbocycles. The SMILES string of the molecule is COC(=O)c1cc(-c2cc(Br)cc(C(F)(F)F)c2)on1. The third-order valence-electron chi connectivity index (χ3n) is 2.41. The fourth-order valence-corrected chi connectivity index (χ4v) is 2.00. The molecule has 1 heterocycles. The third-order valence-corrected chi connectivity index (χ3v) is 2.87. The largest absolute Gasteiger partial charge is 0.464 e. The quantitative estimate of drug-likeness (QED) is 0.771. The van der Waals surface area contributed by atoms with Crippen molar-refractivity contribution >= 4 is 21.9 Å². The van der Waals surface area contributed by atoms with Gasteiger partial charge in [-0.05, 0) is 18.2 Å². The first-order valence-electron chi connectivity index (χ1n) is 5.24. The van der Waals surface area contributed by atoms with Crippen molar-refractivity contribution in [3.8, 4) is 11.3 Å². The standard InChI is InChI=1S/C12H7BrF3NO3/c1-19-11(18)9-5-10(20-17-9)6-2-7(12(14,15)16)4-8(13)3-6/h2-5H,1H3. The number of carbonyl (C=O) groups is 1. The van der Waals surface area contributed by atoms with Crippen molar-refractivity contribution in [3.63, 3.8) is 0 Å². The van der Waals surface area contributed by atoms with Gasteiger partial charge in [0, 0.05) is 16.1 Å². The zero-order chi connectivity index (χ0) is 14.9. The molecular weight excluding hydrogens is 343 g/mol. The summed E-state index contributed by atoms with van der Waals surface area (Å²) in [4.78, 5) is 11.2. The van der Waals surface area contributed by atoms with Crippen molar-refractivity contribution in [1.82, 2.24) is 5.16 Å². The predicted octanol–water partition coefficient (Wildman–Crippen LogP) is 3.91. The van der Waals surface area contributed by atoms with Gasteiger partial charge in [0.25, 0.3) is 0 Å². The molecule has 0 spiro atoms. The van der Waals surface area contributed by atoms with Crippen LogP contribution in [0.3, 0.4) is 0 Å². The normalized spacial score (nSPS) is 11.4. The third kappa shape index (κ3) is 3.01. The summed E-state index contributed by atoms with van der Waals surface area (Å²) < 4.78 is 47.7. The van der Waals surface area contributed by atoms with E-state index < -0.39 is 17.7 Å². The van der Waals surface area contributed by atoms with Crippen molar-refractivity contribution < 1.29 is 27.2 Å². The molecule has 2 rings (SSSR count). The molecule has 0 aliphatic carbocycles. The number of ether oxygens (including phenoxy) is 1. The first-order chi connectivity index (χ1) is 9.31. The van der Waals surface area contributed by atoms with Gasteiger partial charge in [-0.2, -0.15) is 13.2 Å². The monoisotopic (exact) mass is 349 g/mol. The number of methoxy groups -OCH3 is 1. The van der Waals surface area contributed by atoms with Gasteiger partial charge >= 0.3 is 12.1 Å². The lowest BCUT2D eigenvalue weighted by molar-refractivity contribution is -0.137. The molecule has 0 aliphatic heterocycles. The molecule has 0 amide bonds. The minimum Gasteiger partial charge on any atom is -0.464 e. The van der Waals surface area contributed by atoms with Crippen LogP contribution in [0.1, 0.15) is 16.1 Å². The number of rotatable bonds is 2. The Morgan fingerprint density at radius 3 is 2.60 bits per heavy atom. The maximum absolute atomic E-state index is 12.7. The molecule has 0 unspecified atom stereocenters. The van der Waals surface area contributed by atoms with E-state index in [0.717, 1.165) is 19.2 Å². The Morgan fingerprint density at radius 2 is 2.00 bits per heavy atom. The second-order valence-electron chi connectivity index (χ2n) is 3.79. The van der Waals surface area contributed by atoms with Crippen LogP contribution in [0.5, 0.6) is 0 Å². The van der Waals surface area contributed by atoms with Crippen LogP contribution in [-0.2, 0) is 10.9 Å². The zero-order valence-electron chi connectivity index (χ0n) is 9.99. The van der Waals surface area contributed by atoms with E-state index in [1.165, 1.54) is 12.1 Å². The second kappa shape index (κ2) is 5.28. The summed E-state index contributed by atoms with van der Waals surface area (Å²) in [6.07, 6.45) is -4.48. The highest BCUT2D eigenvalue weighted by Crippen LogP contribution is 2.35. The van der Waals surface area contributed by atoms with Gasteiger partial charge in [-0.15, -0.1) is 0 Å². The van der Waals surface area contributed by atoms with E-state index in [1.54, 1.807) is 0 Å². The average molecular weight is 350 g/mol. The minimum absolute atomic E-state index is 0.0391. The predicted molar refractivity (Wildman–Crippen MR) is 66.0 cm³/mol. The van der Waals surface area contributed by atoms with E-state index in [-0.39, 0.29) is 21.5 Å². The van der Waals surface area contributed by atoms with Gasteiger partial charge in [0.15, 0.2) is 11.5 Å². The molecule has 4 nitrogen and oxygen atoms in total. The van der Waals surface area contributed by atoms with Gasteiger partial charge in [0.2, 0.25) is 0 Å². The van der Waals surface area contributed by atoms with Gasteiger partial charge in [-0.25, -0.2) is 4.79 Å². The summed E-state index contributed by atoms with van der Waals surface area (Å²) in [5, 5.41) is 3.44. The maximum atomic E-state index is 12.7. The van der Waals surface area contributed by atoms with E-state index in [4.69, 9.17) is 4.52 Å². The summed E-state index contributed by atoms with van der Waals surface area (Å²) in [6.45, 7) is 0. The Hall–Kier alpha value is -1.83. The number of benzene rings is 1. The van der Waals surface area contributed by atoms with E-state index in [9.17, 15) is 18.0 Å². The van der Waals surface area contributed by atoms with E-state index in [1.807, 2.05) is 0 Å². The molecule has 8 heteroatoms. The van der Waals surface area contributed by atoms with Crippen molar-refractivity contribution in [3.05, 3.63) is 40.0 Å². The summed E-state index contributed by atoms with van der Waals surface area (Å²) in [7, 11) is 1.16. The maximum Gasteiger partial charge on any atom is 0.416 e. The lowest BCUT2D eigenvalue weighted by Gasteiger charge is -2.08. The van der Waals surface area contributed by atoms with E-state index >= 15 is 0 Å². The van der Waals surface area contributed by atoms with E-state index in [0.29, 0.717) is 0 Å². The first-order valence-corrected chi connectivity index (χ1v) is 6.04. The molecule has 0 bridgehead atoms. The molecule has 0 atom stereocenters. The Bertz CT molecular complexity index is 652. The first kappa shape index (κ1) is 14.6. The highest BCUT2D eigenvalue weighted by Gasteiger charge is 2.31. The molecule has 106 valence electrons. The molecule has 0 fully saturated rings. The molecule has 1 aromatic heterocycles. The van der Waals surface area contributed by atoms with Crippen LogP contribution in [0.2, 0.25) is 0 Å². The molecule has 0 aliphatic rings. The highest BCUT2D eigenvalue weighted by molar-refractivity contribution is 9.10. The van der Waals surface area contributed by atoms with Crippen molar-refractivity contribution in [2.45, 2.75) is 6.18 Å². The van der Waals surface area contributed by atoms with Crippen LogP contribution in [-0.4, -0.2) is 18.2 Å². The molecule has 0 saturated carbocycles. The second-order valence-corrected chi connectivity index (χ2v) is 4.71. The van der Waals surface area contributed by atoms with Gasteiger partial charge in [0.05, 0.1) is 12.7 Å². The number of nitrogens with zero attached hydrogens (tertiary/aromatic N) is 1.